The highest BCUT2D eigenvalue weighted by Gasteiger charge is 2.47. The van der Waals surface area contributed by atoms with Gasteiger partial charge in [-0.3, -0.25) is 14.4 Å². The first kappa shape index (κ1) is 24.5. The molecule has 0 saturated carbocycles. The number of sulfonamides is 1. The summed E-state index contributed by atoms with van der Waals surface area (Å²) in [5.41, 5.74) is 0.270. The Morgan fingerprint density at radius 1 is 1.15 bits per heavy atom. The molecule has 2 aliphatic rings. The van der Waals surface area contributed by atoms with Gasteiger partial charge in [0.05, 0.1) is 23.1 Å². The lowest BCUT2D eigenvalue weighted by Gasteiger charge is -2.29. The number of rotatable bonds is 7. The second-order valence-electron chi connectivity index (χ2n) is 8.04. The van der Waals surface area contributed by atoms with Crippen LogP contribution >= 0.6 is 15.9 Å². The second kappa shape index (κ2) is 9.95. The summed E-state index contributed by atoms with van der Waals surface area (Å²) in [5.74, 6) is -1.38. The average molecular weight is 551 g/mol. The van der Waals surface area contributed by atoms with E-state index >= 15 is 0 Å². The number of imide groups is 1. The largest absolute Gasteiger partial charge is 0.427 e. The molecule has 0 radical (unpaired) electrons. The molecule has 0 aromatic heterocycles. The molecule has 0 N–H and O–H groups in total. The zero-order valence-electron chi connectivity index (χ0n) is 18.3. The molecule has 0 bridgehead atoms. The minimum Gasteiger partial charge on any atom is -0.427 e. The van der Waals surface area contributed by atoms with Crippen LogP contribution in [0.25, 0.3) is 0 Å². The predicted octanol–water partition coefficient (Wildman–Crippen LogP) is 2.88. The minimum absolute atomic E-state index is 0.0260. The van der Waals surface area contributed by atoms with Gasteiger partial charge in [-0.15, -0.1) is 0 Å². The van der Waals surface area contributed by atoms with Gasteiger partial charge in [0.1, 0.15) is 11.8 Å². The van der Waals surface area contributed by atoms with Gasteiger partial charge in [-0.25, -0.2) is 13.3 Å². The highest BCUT2D eigenvalue weighted by atomic mass is 79.9. The number of amides is 2. The van der Waals surface area contributed by atoms with E-state index in [0.717, 1.165) is 15.6 Å². The van der Waals surface area contributed by atoms with Crippen LogP contribution in [0.15, 0.2) is 57.9 Å². The maximum absolute atomic E-state index is 13.6. The zero-order valence-corrected chi connectivity index (χ0v) is 20.7. The Balaban J connectivity index is 1.65. The molecule has 2 unspecified atom stereocenters. The average Bonchev–Trinajstić information content (AvgIpc) is 3.40. The molecular weight excluding hydrogens is 528 g/mol. The smallest absolute Gasteiger partial charge is 0.308 e. The monoisotopic (exact) mass is 550 g/mol. The molecule has 11 heteroatoms. The fourth-order valence-corrected chi connectivity index (χ4v) is 5.94. The number of hydrogen-bond donors (Lipinski definition) is 0. The van der Waals surface area contributed by atoms with Crippen LogP contribution < -0.4 is 9.64 Å². The van der Waals surface area contributed by atoms with Gasteiger partial charge in [0.15, 0.2) is 0 Å². The van der Waals surface area contributed by atoms with Gasteiger partial charge in [-0.05, 0) is 61.4 Å². The lowest BCUT2D eigenvalue weighted by molar-refractivity contribution is -0.132. The molecular formula is C23H23BrN2O7S. The lowest BCUT2D eigenvalue weighted by atomic mass is 10.2. The fourth-order valence-electron chi connectivity index (χ4n) is 4.07. The van der Waals surface area contributed by atoms with E-state index in [-0.39, 0.29) is 35.4 Å². The van der Waals surface area contributed by atoms with Crippen LogP contribution in [0.3, 0.4) is 0 Å². The fraction of sp³-hybridized carbons (Fsp3) is 0.348. The predicted molar refractivity (Wildman–Crippen MR) is 126 cm³/mol. The van der Waals surface area contributed by atoms with Crippen LogP contribution in [0.2, 0.25) is 0 Å². The third-order valence-electron chi connectivity index (χ3n) is 5.65. The van der Waals surface area contributed by atoms with Crippen LogP contribution in [0.4, 0.5) is 5.69 Å². The van der Waals surface area contributed by atoms with Crippen molar-refractivity contribution >= 4 is 49.4 Å². The molecule has 2 fully saturated rings. The number of benzene rings is 2. The Labute approximate surface area is 205 Å². The van der Waals surface area contributed by atoms with E-state index in [1.54, 1.807) is 12.1 Å². The number of carbonyl (C=O) groups excluding carboxylic acids is 3. The Hall–Kier alpha value is -2.60. The molecule has 4 rings (SSSR count). The standard InChI is InChI=1S/C23H23BrN2O7S/c1-15(27)33-18-8-6-17(7-9-18)26-22(28)13-21(23(26)29)25(14-19-3-2-12-32-19)34(30,31)20-10-4-16(24)5-11-20/h4-11,19,21H,2-3,12-14H2,1H3. The van der Waals surface area contributed by atoms with Gasteiger partial charge in [-0.1, -0.05) is 15.9 Å². The number of carbonyl (C=O) groups is 3. The highest BCUT2D eigenvalue weighted by molar-refractivity contribution is 9.10. The third kappa shape index (κ3) is 5.07. The van der Waals surface area contributed by atoms with Crippen molar-refractivity contribution in [2.45, 2.75) is 43.2 Å². The Morgan fingerprint density at radius 3 is 2.41 bits per heavy atom. The first-order valence-corrected chi connectivity index (χ1v) is 12.9. The molecule has 0 spiro atoms. The summed E-state index contributed by atoms with van der Waals surface area (Å²) < 4.78 is 39.6. The van der Waals surface area contributed by atoms with Crippen molar-refractivity contribution in [1.82, 2.24) is 4.31 Å². The van der Waals surface area contributed by atoms with Crippen molar-refractivity contribution in [3.05, 3.63) is 53.0 Å². The maximum atomic E-state index is 13.6. The van der Waals surface area contributed by atoms with Crippen LogP contribution in [0.5, 0.6) is 5.75 Å². The molecule has 0 aliphatic carbocycles. The number of anilines is 1. The van der Waals surface area contributed by atoms with E-state index in [2.05, 4.69) is 15.9 Å². The summed E-state index contributed by atoms with van der Waals surface area (Å²) in [4.78, 5) is 38.4. The summed E-state index contributed by atoms with van der Waals surface area (Å²) >= 11 is 3.29. The van der Waals surface area contributed by atoms with Crippen molar-refractivity contribution < 1.29 is 32.3 Å². The Morgan fingerprint density at radius 2 is 1.82 bits per heavy atom. The molecule has 34 heavy (non-hydrogen) atoms. The molecule has 180 valence electrons. The van der Waals surface area contributed by atoms with Crippen LogP contribution in [-0.2, 0) is 29.1 Å². The van der Waals surface area contributed by atoms with E-state index in [9.17, 15) is 22.8 Å². The van der Waals surface area contributed by atoms with Crippen LogP contribution in [0, 0.1) is 0 Å². The number of nitrogens with zero attached hydrogens (tertiary/aromatic N) is 2. The molecule has 2 aromatic carbocycles. The molecule has 2 heterocycles. The van der Waals surface area contributed by atoms with E-state index in [1.165, 1.54) is 43.3 Å². The number of hydrogen-bond acceptors (Lipinski definition) is 7. The molecule has 2 aliphatic heterocycles. The van der Waals surface area contributed by atoms with E-state index in [1.807, 2.05) is 0 Å². The Kier molecular flexibility index (Phi) is 7.17. The summed E-state index contributed by atoms with van der Waals surface area (Å²) in [6.45, 7) is 1.76. The van der Waals surface area contributed by atoms with Crippen molar-refractivity contribution in [2.24, 2.45) is 0 Å². The molecule has 2 amide bonds. The third-order valence-corrected chi connectivity index (χ3v) is 8.07. The van der Waals surface area contributed by atoms with Gasteiger partial charge in [0.25, 0.3) is 5.91 Å². The van der Waals surface area contributed by atoms with Crippen LogP contribution in [-0.4, -0.2) is 55.8 Å². The second-order valence-corrected chi connectivity index (χ2v) is 10.8. The van der Waals surface area contributed by atoms with Gasteiger partial charge >= 0.3 is 5.97 Å². The minimum atomic E-state index is -4.10. The maximum Gasteiger partial charge on any atom is 0.308 e. The SMILES string of the molecule is CC(=O)Oc1ccc(N2C(=O)CC(N(CC3CCCO3)S(=O)(=O)c3ccc(Br)cc3)C2=O)cc1. The van der Waals surface area contributed by atoms with E-state index in [0.29, 0.717) is 17.5 Å². The first-order valence-electron chi connectivity index (χ1n) is 10.7. The summed E-state index contributed by atoms with van der Waals surface area (Å²) in [6.07, 6.45) is 0.829. The zero-order chi connectivity index (χ0) is 24.5. The van der Waals surface area contributed by atoms with Crippen LogP contribution in [0.1, 0.15) is 26.2 Å². The van der Waals surface area contributed by atoms with Crippen molar-refractivity contribution in [1.29, 1.82) is 0 Å². The molecule has 2 saturated heterocycles. The lowest BCUT2D eigenvalue weighted by Crippen LogP contribution is -2.48. The molecule has 2 atom stereocenters. The summed E-state index contributed by atoms with van der Waals surface area (Å²) in [7, 11) is -4.10. The number of ether oxygens (including phenoxy) is 2. The van der Waals surface area contributed by atoms with Gasteiger partial charge in [0, 0.05) is 24.5 Å². The van der Waals surface area contributed by atoms with Crippen molar-refractivity contribution in [3.63, 3.8) is 0 Å². The van der Waals surface area contributed by atoms with Gasteiger partial charge < -0.3 is 9.47 Å². The Bertz CT molecular complexity index is 1190. The number of halogens is 1. The quantitative estimate of drug-likeness (QED) is 0.296. The number of esters is 1. The molecule has 9 nitrogen and oxygen atoms in total. The summed E-state index contributed by atoms with van der Waals surface area (Å²) in [5, 5.41) is 0. The highest BCUT2D eigenvalue weighted by Crippen LogP contribution is 2.32. The first-order chi connectivity index (χ1) is 16.2. The van der Waals surface area contributed by atoms with Gasteiger partial charge in [-0.2, -0.15) is 4.31 Å². The van der Waals surface area contributed by atoms with Gasteiger partial charge in [0.2, 0.25) is 15.9 Å². The van der Waals surface area contributed by atoms with E-state index < -0.39 is 33.8 Å². The normalized spacial score (nSPS) is 20.9. The topological polar surface area (TPSA) is 110 Å². The summed E-state index contributed by atoms with van der Waals surface area (Å²) in [6, 6.07) is 10.8. The van der Waals surface area contributed by atoms with E-state index in [4.69, 9.17) is 9.47 Å². The molecule has 2 aromatic rings. The van der Waals surface area contributed by atoms with Crippen molar-refractivity contribution in [3.8, 4) is 5.75 Å². The van der Waals surface area contributed by atoms with Crippen molar-refractivity contribution in [2.75, 3.05) is 18.1 Å².